The Labute approximate surface area is 170 Å². The van der Waals surface area contributed by atoms with Gasteiger partial charge in [0.15, 0.2) is 11.3 Å². The normalized spacial score (nSPS) is 23.4. The third-order valence-electron chi connectivity index (χ3n) is 5.73. The molecule has 0 unspecified atom stereocenters. The van der Waals surface area contributed by atoms with Crippen LogP contribution in [-0.4, -0.2) is 45.8 Å². The number of rotatable bonds is 4. The van der Waals surface area contributed by atoms with Gasteiger partial charge < -0.3 is 4.74 Å². The fraction of sp³-hybridized carbons (Fsp3) is 0.500. The maximum Gasteiger partial charge on any atom is 0.433 e. The number of likely N-dealkylation sites (tertiary alicyclic amines) is 1. The maximum absolute atomic E-state index is 13.8. The first-order valence-corrected chi connectivity index (χ1v) is 10.7. The molecule has 2 saturated heterocycles. The molecule has 0 N–H and O–H groups in total. The lowest BCUT2D eigenvalue weighted by Crippen LogP contribution is -2.29. The first-order chi connectivity index (χ1) is 14.0. The van der Waals surface area contributed by atoms with Crippen molar-refractivity contribution in [2.45, 2.75) is 31.5 Å². The minimum absolute atomic E-state index is 0.0311. The average Bonchev–Trinajstić information content (AvgIpc) is 3.46. The average molecular weight is 422 g/mol. The molecular formula is C20H21F3N4OS. The monoisotopic (exact) mass is 422 g/mol. The predicted octanol–water partition coefficient (Wildman–Crippen LogP) is 4.65. The minimum atomic E-state index is -4.51. The minimum Gasteiger partial charge on any atom is -0.381 e. The maximum atomic E-state index is 13.8. The summed E-state index contributed by atoms with van der Waals surface area (Å²) in [5.74, 6) is 0.488. The van der Waals surface area contributed by atoms with Gasteiger partial charge in [-0.05, 0) is 49.2 Å². The standard InChI is InChI=1S/C20H21F3N4OS/c21-20(22,23)18-9-15(17-4-2-8-29-17)24-19-10-14(25-27(18)19)16-3-1-6-26(16)11-13-5-7-28-12-13/h2,4,8-10,13,16H,1,3,5-7,11-12H2/t13-,16+/m1/s1. The van der Waals surface area contributed by atoms with Crippen molar-refractivity contribution in [2.24, 2.45) is 5.92 Å². The van der Waals surface area contributed by atoms with E-state index in [2.05, 4.69) is 15.0 Å². The van der Waals surface area contributed by atoms with Crippen molar-refractivity contribution in [3.63, 3.8) is 0 Å². The van der Waals surface area contributed by atoms with Gasteiger partial charge in [-0.1, -0.05) is 6.07 Å². The summed E-state index contributed by atoms with van der Waals surface area (Å²) in [6.45, 7) is 3.40. The van der Waals surface area contributed by atoms with Crippen molar-refractivity contribution in [3.8, 4) is 10.6 Å². The number of alkyl halides is 3. The molecule has 5 nitrogen and oxygen atoms in total. The molecule has 0 aliphatic carbocycles. The molecule has 0 spiro atoms. The Hall–Kier alpha value is -1.97. The van der Waals surface area contributed by atoms with E-state index in [4.69, 9.17) is 4.74 Å². The second-order valence-electron chi connectivity index (χ2n) is 7.72. The molecule has 3 aromatic heterocycles. The second-order valence-corrected chi connectivity index (χ2v) is 8.67. The van der Waals surface area contributed by atoms with Gasteiger partial charge in [0.2, 0.25) is 0 Å². The summed E-state index contributed by atoms with van der Waals surface area (Å²) in [6, 6.07) is 6.44. The quantitative estimate of drug-likeness (QED) is 0.614. The topological polar surface area (TPSA) is 42.7 Å². The third kappa shape index (κ3) is 3.67. The van der Waals surface area contributed by atoms with Crippen LogP contribution >= 0.6 is 11.3 Å². The van der Waals surface area contributed by atoms with Gasteiger partial charge in [0, 0.05) is 19.2 Å². The van der Waals surface area contributed by atoms with E-state index in [-0.39, 0.29) is 11.7 Å². The number of hydrogen-bond donors (Lipinski definition) is 0. The summed E-state index contributed by atoms with van der Waals surface area (Å²) in [7, 11) is 0. The summed E-state index contributed by atoms with van der Waals surface area (Å²) in [6.07, 6.45) is -1.55. The fourth-order valence-electron chi connectivity index (χ4n) is 4.35. The van der Waals surface area contributed by atoms with E-state index in [1.807, 2.05) is 11.4 Å². The van der Waals surface area contributed by atoms with Crippen LogP contribution in [0.25, 0.3) is 16.2 Å². The van der Waals surface area contributed by atoms with E-state index in [0.717, 1.165) is 56.1 Å². The van der Waals surface area contributed by atoms with Crippen molar-refractivity contribution >= 4 is 17.0 Å². The smallest absolute Gasteiger partial charge is 0.381 e. The molecule has 9 heteroatoms. The Morgan fingerprint density at radius 3 is 2.86 bits per heavy atom. The third-order valence-corrected chi connectivity index (χ3v) is 6.62. The molecule has 2 atom stereocenters. The molecule has 0 amide bonds. The molecule has 5 heterocycles. The molecule has 5 rings (SSSR count). The molecule has 29 heavy (non-hydrogen) atoms. The second kappa shape index (κ2) is 7.37. The van der Waals surface area contributed by atoms with Gasteiger partial charge in [0.05, 0.1) is 28.9 Å². The summed E-state index contributed by atoms with van der Waals surface area (Å²) in [5.41, 5.74) is 0.459. The molecule has 0 bridgehead atoms. The molecular weight excluding hydrogens is 401 g/mol. The van der Waals surface area contributed by atoms with E-state index in [9.17, 15) is 13.2 Å². The summed E-state index contributed by atoms with van der Waals surface area (Å²) < 4.78 is 47.7. The number of halogens is 3. The van der Waals surface area contributed by atoms with Crippen molar-refractivity contribution in [1.29, 1.82) is 0 Å². The van der Waals surface area contributed by atoms with Gasteiger partial charge in [0.25, 0.3) is 0 Å². The number of ether oxygens (including phenoxy) is 1. The van der Waals surface area contributed by atoms with Crippen LogP contribution in [0.1, 0.15) is 36.7 Å². The first-order valence-electron chi connectivity index (χ1n) is 9.82. The molecule has 2 aliphatic rings. The van der Waals surface area contributed by atoms with Crippen molar-refractivity contribution < 1.29 is 17.9 Å². The molecule has 0 saturated carbocycles. The van der Waals surface area contributed by atoms with Gasteiger partial charge in [-0.25, -0.2) is 9.50 Å². The number of hydrogen-bond acceptors (Lipinski definition) is 5. The van der Waals surface area contributed by atoms with Crippen molar-refractivity contribution in [2.75, 3.05) is 26.3 Å². The largest absolute Gasteiger partial charge is 0.433 e. The van der Waals surface area contributed by atoms with Crippen LogP contribution in [0, 0.1) is 5.92 Å². The number of aromatic nitrogens is 3. The zero-order valence-electron chi connectivity index (χ0n) is 15.7. The fourth-order valence-corrected chi connectivity index (χ4v) is 5.03. The SMILES string of the molecule is FC(F)(F)c1cc(-c2cccs2)nc2cc([C@@H]3CCCN3C[C@H]3CCOC3)nn12. The van der Waals surface area contributed by atoms with Crippen LogP contribution in [0.15, 0.2) is 29.6 Å². The van der Waals surface area contributed by atoms with Gasteiger partial charge in [-0.3, -0.25) is 4.90 Å². The van der Waals surface area contributed by atoms with Crippen LogP contribution in [0.5, 0.6) is 0 Å². The number of fused-ring (bicyclic) bond motifs is 1. The first kappa shape index (κ1) is 19.0. The Balaban J connectivity index is 1.53. The highest BCUT2D eigenvalue weighted by molar-refractivity contribution is 7.13. The van der Waals surface area contributed by atoms with Gasteiger partial charge in [-0.15, -0.1) is 11.3 Å². The molecule has 2 fully saturated rings. The van der Waals surface area contributed by atoms with E-state index >= 15 is 0 Å². The number of nitrogens with zero attached hydrogens (tertiary/aromatic N) is 4. The summed E-state index contributed by atoms with van der Waals surface area (Å²) in [4.78, 5) is 7.54. The lowest BCUT2D eigenvalue weighted by molar-refractivity contribution is -0.142. The molecule has 2 aliphatic heterocycles. The van der Waals surface area contributed by atoms with E-state index in [1.165, 1.54) is 11.3 Å². The van der Waals surface area contributed by atoms with Crippen molar-refractivity contribution in [1.82, 2.24) is 19.5 Å². The summed E-state index contributed by atoms with van der Waals surface area (Å²) in [5, 5.41) is 6.21. The Morgan fingerprint density at radius 2 is 2.14 bits per heavy atom. The van der Waals surface area contributed by atoms with Gasteiger partial charge in [0.1, 0.15) is 0 Å². The van der Waals surface area contributed by atoms with Crippen LogP contribution in [-0.2, 0) is 10.9 Å². The molecule has 3 aromatic rings. The highest BCUT2D eigenvalue weighted by atomic mass is 32.1. The molecule has 0 aromatic carbocycles. The van der Waals surface area contributed by atoms with Crippen LogP contribution in [0.2, 0.25) is 0 Å². The predicted molar refractivity (Wildman–Crippen MR) is 104 cm³/mol. The lowest BCUT2D eigenvalue weighted by Gasteiger charge is -2.25. The van der Waals surface area contributed by atoms with E-state index in [0.29, 0.717) is 22.2 Å². The Bertz CT molecular complexity index is 995. The van der Waals surface area contributed by atoms with Crippen LogP contribution < -0.4 is 0 Å². The molecule has 154 valence electrons. The number of thiophene rings is 1. The zero-order chi connectivity index (χ0) is 20.0. The Morgan fingerprint density at radius 1 is 1.24 bits per heavy atom. The van der Waals surface area contributed by atoms with E-state index < -0.39 is 11.9 Å². The zero-order valence-corrected chi connectivity index (χ0v) is 16.5. The summed E-state index contributed by atoms with van der Waals surface area (Å²) >= 11 is 1.37. The van der Waals surface area contributed by atoms with Crippen molar-refractivity contribution in [3.05, 3.63) is 41.0 Å². The highest BCUT2D eigenvalue weighted by Gasteiger charge is 2.37. The van der Waals surface area contributed by atoms with Crippen LogP contribution in [0.4, 0.5) is 13.2 Å². The lowest BCUT2D eigenvalue weighted by atomic mass is 10.1. The molecule has 0 radical (unpaired) electrons. The van der Waals surface area contributed by atoms with Gasteiger partial charge in [-0.2, -0.15) is 18.3 Å². The van der Waals surface area contributed by atoms with E-state index in [1.54, 1.807) is 12.1 Å². The Kier molecular flexibility index (Phi) is 4.84. The highest BCUT2D eigenvalue weighted by Crippen LogP contribution is 2.36. The van der Waals surface area contributed by atoms with Crippen LogP contribution in [0.3, 0.4) is 0 Å². The van der Waals surface area contributed by atoms with Gasteiger partial charge >= 0.3 is 6.18 Å².